The van der Waals surface area contributed by atoms with Gasteiger partial charge in [0.05, 0.1) is 6.10 Å². The topological polar surface area (TPSA) is 29.5 Å². The van der Waals surface area contributed by atoms with Crippen LogP contribution in [-0.4, -0.2) is 24.1 Å². The molecule has 0 heterocycles. The van der Waals surface area contributed by atoms with Crippen molar-refractivity contribution in [3.63, 3.8) is 0 Å². The first kappa shape index (κ1) is 9.43. The Bertz CT molecular complexity index is 95.6. The maximum atomic E-state index is 10.2. The summed E-state index contributed by atoms with van der Waals surface area (Å²) in [6, 6.07) is 0. The zero-order chi connectivity index (χ0) is 7.98. The molecule has 0 aromatic heterocycles. The summed E-state index contributed by atoms with van der Waals surface area (Å²) < 4.78 is 0. The molecule has 0 fully saturated rings. The minimum atomic E-state index is 0.130. The van der Waals surface area contributed by atoms with Crippen LogP contribution in [0.15, 0.2) is 0 Å². The molecule has 1 unspecified atom stereocenters. The minimum Gasteiger partial charge on any atom is -0.276 e. The van der Waals surface area contributed by atoms with Crippen molar-refractivity contribution in [3.8, 4) is 0 Å². The molecule has 0 rings (SSSR count). The van der Waals surface area contributed by atoms with Crippen LogP contribution in [0.5, 0.6) is 0 Å². The highest BCUT2D eigenvalue weighted by Crippen LogP contribution is 1.97. The van der Waals surface area contributed by atoms with Gasteiger partial charge in [-0.25, -0.2) is 5.06 Å². The highest BCUT2D eigenvalue weighted by Gasteiger charge is 2.03. The molecule has 0 aliphatic heterocycles. The Hall–Kier alpha value is -0.570. The van der Waals surface area contributed by atoms with Crippen LogP contribution in [0.1, 0.15) is 27.2 Å². The van der Waals surface area contributed by atoms with E-state index in [2.05, 4.69) is 0 Å². The number of amides is 1. The van der Waals surface area contributed by atoms with Crippen LogP contribution >= 0.6 is 0 Å². The van der Waals surface area contributed by atoms with Crippen molar-refractivity contribution in [1.82, 2.24) is 5.06 Å². The summed E-state index contributed by atoms with van der Waals surface area (Å²) >= 11 is 0. The van der Waals surface area contributed by atoms with Gasteiger partial charge < -0.3 is 0 Å². The summed E-state index contributed by atoms with van der Waals surface area (Å²) in [6.45, 7) is 6.43. The van der Waals surface area contributed by atoms with Gasteiger partial charge in [-0.15, -0.1) is 0 Å². The van der Waals surface area contributed by atoms with Crippen molar-refractivity contribution >= 4 is 6.41 Å². The quantitative estimate of drug-likeness (QED) is 0.429. The Morgan fingerprint density at radius 2 is 2.20 bits per heavy atom. The van der Waals surface area contributed by atoms with E-state index in [4.69, 9.17) is 4.84 Å². The van der Waals surface area contributed by atoms with E-state index in [1.807, 2.05) is 20.8 Å². The largest absolute Gasteiger partial charge is 0.276 e. The average molecular weight is 145 g/mol. The number of hydrogen-bond donors (Lipinski definition) is 0. The SMILES string of the molecule is CCC(C)ON(C=O)CC. The van der Waals surface area contributed by atoms with E-state index in [-0.39, 0.29) is 6.10 Å². The number of nitrogens with zero attached hydrogens (tertiary/aromatic N) is 1. The van der Waals surface area contributed by atoms with E-state index < -0.39 is 0 Å². The Balaban J connectivity index is 3.51. The van der Waals surface area contributed by atoms with E-state index >= 15 is 0 Å². The third-order valence-electron chi connectivity index (χ3n) is 1.32. The molecule has 0 aromatic carbocycles. The third-order valence-corrected chi connectivity index (χ3v) is 1.32. The Labute approximate surface area is 61.9 Å². The van der Waals surface area contributed by atoms with Crippen LogP contribution in [0.2, 0.25) is 0 Å². The maximum Gasteiger partial charge on any atom is 0.233 e. The molecule has 0 spiro atoms. The van der Waals surface area contributed by atoms with Crippen LogP contribution in [-0.2, 0) is 9.63 Å². The van der Waals surface area contributed by atoms with E-state index in [0.29, 0.717) is 13.0 Å². The summed E-state index contributed by atoms with van der Waals surface area (Å²) in [6.07, 6.45) is 1.75. The molecule has 0 radical (unpaired) electrons. The molecule has 0 saturated carbocycles. The first-order valence-corrected chi connectivity index (χ1v) is 3.63. The van der Waals surface area contributed by atoms with E-state index in [1.54, 1.807) is 0 Å². The van der Waals surface area contributed by atoms with Gasteiger partial charge in [-0.05, 0) is 20.3 Å². The van der Waals surface area contributed by atoms with Gasteiger partial charge in [-0.2, -0.15) is 0 Å². The molecular formula is C7H15NO2. The second kappa shape index (κ2) is 5.23. The molecule has 0 aliphatic rings. The Kier molecular flexibility index (Phi) is 4.94. The van der Waals surface area contributed by atoms with Crippen molar-refractivity contribution in [2.45, 2.75) is 33.3 Å². The normalized spacial score (nSPS) is 12.7. The first-order chi connectivity index (χ1) is 4.74. The van der Waals surface area contributed by atoms with Gasteiger partial charge in [0.25, 0.3) is 0 Å². The summed E-state index contributed by atoms with van der Waals surface area (Å²) in [5, 5.41) is 1.30. The zero-order valence-electron chi connectivity index (χ0n) is 6.83. The zero-order valence-corrected chi connectivity index (χ0v) is 6.83. The molecule has 3 heteroatoms. The predicted molar refractivity (Wildman–Crippen MR) is 39.3 cm³/mol. The van der Waals surface area contributed by atoms with Gasteiger partial charge in [0.15, 0.2) is 0 Å². The van der Waals surface area contributed by atoms with Gasteiger partial charge in [0.1, 0.15) is 0 Å². The number of carbonyl (C=O) groups excluding carboxylic acids is 1. The highest BCUT2D eigenvalue weighted by molar-refractivity contribution is 5.44. The highest BCUT2D eigenvalue weighted by atomic mass is 16.7. The van der Waals surface area contributed by atoms with Gasteiger partial charge in [-0.3, -0.25) is 9.63 Å². The van der Waals surface area contributed by atoms with Crippen LogP contribution in [0.3, 0.4) is 0 Å². The summed E-state index contributed by atoms with van der Waals surface area (Å²) in [5.74, 6) is 0. The number of carbonyl (C=O) groups is 1. The molecule has 0 bridgehead atoms. The average Bonchev–Trinajstić information content (AvgIpc) is 1.99. The van der Waals surface area contributed by atoms with Gasteiger partial charge in [0, 0.05) is 6.54 Å². The lowest BCUT2D eigenvalue weighted by molar-refractivity contribution is -0.189. The summed E-state index contributed by atoms with van der Waals surface area (Å²) in [7, 11) is 0. The number of rotatable bonds is 5. The first-order valence-electron chi connectivity index (χ1n) is 3.63. The van der Waals surface area contributed by atoms with Crippen LogP contribution in [0.25, 0.3) is 0 Å². The fourth-order valence-corrected chi connectivity index (χ4v) is 0.480. The fraction of sp³-hybridized carbons (Fsp3) is 0.857. The molecule has 0 aliphatic carbocycles. The lowest BCUT2D eigenvalue weighted by Gasteiger charge is -2.18. The molecule has 3 nitrogen and oxygen atoms in total. The number of hydrogen-bond acceptors (Lipinski definition) is 2. The molecule has 0 N–H and O–H groups in total. The second-order valence-electron chi connectivity index (χ2n) is 2.16. The van der Waals surface area contributed by atoms with Crippen LogP contribution in [0.4, 0.5) is 0 Å². The van der Waals surface area contributed by atoms with Crippen molar-refractivity contribution in [2.24, 2.45) is 0 Å². The fourth-order valence-electron chi connectivity index (χ4n) is 0.480. The van der Waals surface area contributed by atoms with Gasteiger partial charge in [0.2, 0.25) is 6.41 Å². The smallest absolute Gasteiger partial charge is 0.233 e. The van der Waals surface area contributed by atoms with E-state index in [1.165, 1.54) is 5.06 Å². The lowest BCUT2D eigenvalue weighted by Crippen LogP contribution is -2.26. The van der Waals surface area contributed by atoms with Gasteiger partial charge >= 0.3 is 0 Å². The third kappa shape index (κ3) is 3.45. The Morgan fingerprint density at radius 1 is 1.60 bits per heavy atom. The second-order valence-corrected chi connectivity index (χ2v) is 2.16. The molecule has 0 saturated heterocycles. The van der Waals surface area contributed by atoms with Crippen molar-refractivity contribution in [1.29, 1.82) is 0 Å². The summed E-state index contributed by atoms with van der Waals surface area (Å²) in [4.78, 5) is 15.4. The standard InChI is InChI=1S/C7H15NO2/c1-4-7(3)10-8(5-2)6-9/h6-7H,4-5H2,1-3H3. The summed E-state index contributed by atoms with van der Waals surface area (Å²) in [5.41, 5.74) is 0. The number of hydroxylamine groups is 2. The van der Waals surface area contributed by atoms with E-state index in [9.17, 15) is 4.79 Å². The minimum absolute atomic E-state index is 0.130. The van der Waals surface area contributed by atoms with Crippen molar-refractivity contribution in [3.05, 3.63) is 0 Å². The molecule has 0 aromatic rings. The van der Waals surface area contributed by atoms with Crippen molar-refractivity contribution in [2.75, 3.05) is 6.54 Å². The Morgan fingerprint density at radius 3 is 2.50 bits per heavy atom. The lowest BCUT2D eigenvalue weighted by atomic mass is 10.3. The monoisotopic (exact) mass is 145 g/mol. The molecule has 1 amide bonds. The maximum absolute atomic E-state index is 10.2. The molecule has 60 valence electrons. The molecule has 1 atom stereocenters. The van der Waals surface area contributed by atoms with Crippen LogP contribution in [0, 0.1) is 0 Å². The van der Waals surface area contributed by atoms with Gasteiger partial charge in [-0.1, -0.05) is 6.92 Å². The molecule has 10 heavy (non-hydrogen) atoms. The predicted octanol–water partition coefficient (Wildman–Crippen LogP) is 1.19. The van der Waals surface area contributed by atoms with E-state index in [0.717, 1.165) is 6.42 Å². The van der Waals surface area contributed by atoms with Crippen molar-refractivity contribution < 1.29 is 9.63 Å². The van der Waals surface area contributed by atoms with Crippen LogP contribution < -0.4 is 0 Å². The molecular weight excluding hydrogens is 130 g/mol.